The molecule has 0 atom stereocenters. The molecule has 0 bridgehead atoms. The molecule has 0 aliphatic carbocycles. The number of hydrogen-bond acceptors (Lipinski definition) is 3. The van der Waals surface area contributed by atoms with Gasteiger partial charge in [-0.1, -0.05) is 18.2 Å². The van der Waals surface area contributed by atoms with Gasteiger partial charge in [-0.25, -0.2) is 0 Å². The van der Waals surface area contributed by atoms with E-state index in [-0.39, 0.29) is 18.7 Å². The van der Waals surface area contributed by atoms with E-state index in [0.29, 0.717) is 11.3 Å². The predicted molar refractivity (Wildman–Crippen MR) is 60.6 cm³/mol. The van der Waals surface area contributed by atoms with E-state index in [9.17, 15) is 18.0 Å². The van der Waals surface area contributed by atoms with E-state index >= 15 is 0 Å². The summed E-state index contributed by atoms with van der Waals surface area (Å²) in [6.07, 6.45) is -4.25. The second kappa shape index (κ2) is 6.39. The number of ketones is 1. The van der Waals surface area contributed by atoms with Crippen LogP contribution < -0.4 is 10.1 Å². The maximum Gasteiger partial charge on any atom is 0.401 e. The van der Waals surface area contributed by atoms with Crippen molar-refractivity contribution >= 4 is 5.78 Å². The molecule has 1 N–H and O–H groups in total. The SMILES string of the molecule is COc1ccccc1CC(=O)CNCC(F)(F)F. The van der Waals surface area contributed by atoms with Gasteiger partial charge in [0.25, 0.3) is 0 Å². The third-order valence-corrected chi connectivity index (χ3v) is 2.23. The smallest absolute Gasteiger partial charge is 0.401 e. The van der Waals surface area contributed by atoms with E-state index in [1.54, 1.807) is 24.3 Å². The molecular weight excluding hydrogens is 247 g/mol. The zero-order valence-electron chi connectivity index (χ0n) is 9.88. The Bertz CT molecular complexity index is 405. The molecule has 0 aliphatic heterocycles. The second-order valence-electron chi connectivity index (χ2n) is 3.75. The van der Waals surface area contributed by atoms with Gasteiger partial charge in [0.05, 0.1) is 20.2 Å². The van der Waals surface area contributed by atoms with Gasteiger partial charge < -0.3 is 10.1 Å². The molecule has 0 unspecified atom stereocenters. The first-order valence-electron chi connectivity index (χ1n) is 5.33. The van der Waals surface area contributed by atoms with E-state index in [0.717, 1.165) is 0 Å². The van der Waals surface area contributed by atoms with E-state index in [1.165, 1.54) is 7.11 Å². The van der Waals surface area contributed by atoms with Crippen LogP contribution in [0.2, 0.25) is 0 Å². The molecule has 0 heterocycles. The maximum absolute atomic E-state index is 11.9. The number of methoxy groups -OCH3 is 1. The molecule has 0 aliphatic rings. The van der Waals surface area contributed by atoms with Gasteiger partial charge in [-0.3, -0.25) is 4.79 Å². The third kappa shape index (κ3) is 5.18. The average molecular weight is 261 g/mol. The van der Waals surface area contributed by atoms with Crippen molar-refractivity contribution in [2.24, 2.45) is 0 Å². The minimum absolute atomic E-state index is 0.0505. The van der Waals surface area contributed by atoms with Crippen LogP contribution in [0, 0.1) is 0 Å². The number of para-hydroxylation sites is 1. The number of alkyl halides is 3. The number of benzene rings is 1. The van der Waals surface area contributed by atoms with Gasteiger partial charge in [0.2, 0.25) is 0 Å². The molecule has 0 amide bonds. The molecule has 1 rings (SSSR count). The summed E-state index contributed by atoms with van der Waals surface area (Å²) < 4.78 is 40.6. The molecule has 1 aromatic carbocycles. The number of nitrogens with one attached hydrogen (secondary N) is 1. The number of hydrogen-bond donors (Lipinski definition) is 1. The number of Topliss-reactive ketones (excluding diaryl/α,β-unsaturated/α-hetero) is 1. The molecule has 3 nitrogen and oxygen atoms in total. The largest absolute Gasteiger partial charge is 0.496 e. The average Bonchev–Trinajstić information content (AvgIpc) is 2.28. The highest BCUT2D eigenvalue weighted by molar-refractivity contribution is 5.83. The third-order valence-electron chi connectivity index (χ3n) is 2.23. The van der Waals surface area contributed by atoms with Crippen LogP contribution in [0.3, 0.4) is 0 Å². The van der Waals surface area contributed by atoms with Crippen molar-refractivity contribution in [3.8, 4) is 5.75 Å². The van der Waals surface area contributed by atoms with Crippen LogP contribution >= 0.6 is 0 Å². The first-order chi connectivity index (χ1) is 8.42. The normalized spacial score (nSPS) is 11.3. The maximum atomic E-state index is 11.9. The van der Waals surface area contributed by atoms with Crippen molar-refractivity contribution in [1.82, 2.24) is 5.32 Å². The fourth-order valence-electron chi connectivity index (χ4n) is 1.47. The van der Waals surface area contributed by atoms with Gasteiger partial charge in [-0.15, -0.1) is 0 Å². The van der Waals surface area contributed by atoms with Crippen molar-refractivity contribution in [3.05, 3.63) is 29.8 Å². The Kier molecular flexibility index (Phi) is 5.15. The Labute approximate surface area is 103 Å². The summed E-state index contributed by atoms with van der Waals surface area (Å²) in [5.74, 6) is 0.241. The number of halogens is 3. The molecule has 0 radical (unpaired) electrons. The molecule has 0 spiro atoms. The van der Waals surface area contributed by atoms with Crippen molar-refractivity contribution in [3.63, 3.8) is 0 Å². The minimum atomic E-state index is -4.30. The topological polar surface area (TPSA) is 38.3 Å². The first-order valence-corrected chi connectivity index (χ1v) is 5.33. The lowest BCUT2D eigenvalue weighted by Crippen LogP contribution is -2.33. The summed E-state index contributed by atoms with van der Waals surface area (Å²) in [4.78, 5) is 11.5. The summed E-state index contributed by atoms with van der Waals surface area (Å²) in [6.45, 7) is -1.47. The van der Waals surface area contributed by atoms with E-state index in [4.69, 9.17) is 4.74 Å². The van der Waals surface area contributed by atoms with Gasteiger partial charge >= 0.3 is 6.18 Å². The monoisotopic (exact) mass is 261 g/mol. The van der Waals surface area contributed by atoms with Gasteiger partial charge in [0, 0.05) is 12.0 Å². The summed E-state index contributed by atoms with van der Waals surface area (Å²) >= 11 is 0. The first kappa shape index (κ1) is 14.5. The number of ether oxygens (including phenoxy) is 1. The van der Waals surface area contributed by atoms with Crippen LogP contribution in [-0.2, 0) is 11.2 Å². The molecular formula is C12H14F3NO2. The fourth-order valence-corrected chi connectivity index (χ4v) is 1.47. The lowest BCUT2D eigenvalue weighted by atomic mass is 10.1. The Morgan fingerprint density at radius 3 is 2.61 bits per heavy atom. The summed E-state index contributed by atoms with van der Waals surface area (Å²) in [5.41, 5.74) is 0.666. The van der Waals surface area contributed by atoms with Crippen molar-refractivity contribution in [2.45, 2.75) is 12.6 Å². The quantitative estimate of drug-likeness (QED) is 0.850. The molecule has 6 heteroatoms. The molecule has 100 valence electrons. The zero-order chi connectivity index (χ0) is 13.6. The highest BCUT2D eigenvalue weighted by Gasteiger charge is 2.26. The van der Waals surface area contributed by atoms with E-state index in [1.807, 2.05) is 0 Å². The zero-order valence-corrected chi connectivity index (χ0v) is 9.88. The van der Waals surface area contributed by atoms with Crippen LogP contribution in [0.15, 0.2) is 24.3 Å². The predicted octanol–water partition coefficient (Wildman–Crippen LogP) is 1.96. The Hall–Kier alpha value is -1.56. The molecule has 0 aromatic heterocycles. The molecule has 1 aromatic rings. The molecule has 18 heavy (non-hydrogen) atoms. The number of carbonyl (C=O) groups is 1. The van der Waals surface area contributed by atoms with Crippen LogP contribution in [0.25, 0.3) is 0 Å². The highest BCUT2D eigenvalue weighted by atomic mass is 19.4. The highest BCUT2D eigenvalue weighted by Crippen LogP contribution is 2.17. The Morgan fingerprint density at radius 1 is 1.33 bits per heavy atom. The van der Waals surface area contributed by atoms with Crippen molar-refractivity contribution in [2.75, 3.05) is 20.2 Å². The standard InChI is InChI=1S/C12H14F3NO2/c1-18-11-5-3-2-4-9(11)6-10(17)7-16-8-12(13,14)15/h2-5,16H,6-8H2,1H3. The van der Waals surface area contributed by atoms with E-state index < -0.39 is 12.7 Å². The van der Waals surface area contributed by atoms with Gasteiger partial charge in [-0.2, -0.15) is 13.2 Å². The minimum Gasteiger partial charge on any atom is -0.496 e. The van der Waals surface area contributed by atoms with Crippen molar-refractivity contribution < 1.29 is 22.7 Å². The summed E-state index contributed by atoms with van der Waals surface area (Å²) in [7, 11) is 1.48. The van der Waals surface area contributed by atoms with Crippen LogP contribution in [0.4, 0.5) is 13.2 Å². The number of carbonyl (C=O) groups excluding carboxylic acids is 1. The Morgan fingerprint density at radius 2 is 2.00 bits per heavy atom. The second-order valence-corrected chi connectivity index (χ2v) is 3.75. The van der Waals surface area contributed by atoms with Crippen LogP contribution in [-0.4, -0.2) is 32.2 Å². The van der Waals surface area contributed by atoms with E-state index in [2.05, 4.69) is 5.32 Å². The molecule has 0 fully saturated rings. The van der Waals surface area contributed by atoms with Gasteiger partial charge in [-0.05, 0) is 6.07 Å². The van der Waals surface area contributed by atoms with Crippen LogP contribution in [0.5, 0.6) is 5.75 Å². The molecule has 0 saturated carbocycles. The Balaban J connectivity index is 2.45. The van der Waals surface area contributed by atoms with Gasteiger partial charge in [0.1, 0.15) is 5.75 Å². The van der Waals surface area contributed by atoms with Crippen LogP contribution in [0.1, 0.15) is 5.56 Å². The molecule has 0 saturated heterocycles. The number of rotatable bonds is 6. The van der Waals surface area contributed by atoms with Gasteiger partial charge in [0.15, 0.2) is 5.78 Å². The summed E-state index contributed by atoms with van der Waals surface area (Å²) in [6, 6.07) is 6.91. The fraction of sp³-hybridized carbons (Fsp3) is 0.417. The van der Waals surface area contributed by atoms with Crippen molar-refractivity contribution in [1.29, 1.82) is 0 Å². The summed E-state index contributed by atoms with van der Waals surface area (Å²) in [5, 5.41) is 2.07. The lowest BCUT2D eigenvalue weighted by molar-refractivity contribution is -0.127. The lowest BCUT2D eigenvalue weighted by Gasteiger charge is -2.09.